The molecule has 1 aromatic rings. The smallest absolute Gasteiger partial charge is 0.338 e. The van der Waals surface area contributed by atoms with Crippen LogP contribution in [0.5, 0.6) is 5.75 Å². The largest absolute Gasteiger partial charge is 0.497 e. The van der Waals surface area contributed by atoms with Gasteiger partial charge in [-0.2, -0.15) is 0 Å². The van der Waals surface area contributed by atoms with E-state index in [0.717, 1.165) is 0 Å². The van der Waals surface area contributed by atoms with Gasteiger partial charge in [-0.25, -0.2) is 0 Å². The van der Waals surface area contributed by atoms with Gasteiger partial charge in [-0.3, -0.25) is 30.3 Å². The Balaban J connectivity index is 2.85. The van der Waals surface area contributed by atoms with E-state index < -0.39 is 37.6 Å². The van der Waals surface area contributed by atoms with Gasteiger partial charge in [0.1, 0.15) is 0 Å². The molecule has 2 heterocycles. The van der Waals surface area contributed by atoms with E-state index in [1.807, 2.05) is 0 Å². The lowest BCUT2D eigenvalue weighted by Gasteiger charge is -2.16. The Bertz CT molecular complexity index is 549. The molecule has 0 atom stereocenters. The predicted molar refractivity (Wildman–Crippen MR) is 52.2 cm³/mol. The van der Waals surface area contributed by atoms with E-state index in [4.69, 9.17) is 0 Å². The molecule has 88 valence electrons. The number of phenols is 1. The molecule has 2 bridgehead atoms. The van der Waals surface area contributed by atoms with Crippen LogP contribution in [-0.2, 0) is 0 Å². The minimum Gasteiger partial charge on any atom is -0.497 e. The van der Waals surface area contributed by atoms with E-state index in [1.54, 1.807) is 0 Å². The van der Waals surface area contributed by atoms with E-state index in [0.29, 0.717) is 11.8 Å². The number of nitro groups is 3. The molecule has 3 rings (SSSR count). The molecule has 0 aliphatic carbocycles. The zero-order chi connectivity index (χ0) is 12.9. The summed E-state index contributed by atoms with van der Waals surface area (Å²) in [5, 5.41) is 41.1. The number of phenolic OH excluding ortho intramolecular Hbond substituents is 1. The van der Waals surface area contributed by atoms with Gasteiger partial charge >= 0.3 is 17.1 Å². The average molecular weight is 259 g/mol. The molecule has 1 N–H and O–H groups in total. The summed E-state index contributed by atoms with van der Waals surface area (Å²) in [6.07, 6.45) is 0. The van der Waals surface area contributed by atoms with Crippen LogP contribution in [0.1, 0.15) is 0 Å². The van der Waals surface area contributed by atoms with Crippen LogP contribution in [-0.4, -0.2) is 19.9 Å². The molecule has 11 heteroatoms. The summed E-state index contributed by atoms with van der Waals surface area (Å²) in [7, 11) is 0. The molecule has 0 saturated heterocycles. The molecular weight excluding hydrogens is 258 g/mol. The Kier molecular flexibility index (Phi) is 2.13. The van der Waals surface area contributed by atoms with Crippen molar-refractivity contribution in [2.45, 2.75) is 9.79 Å². The highest BCUT2D eigenvalue weighted by Crippen LogP contribution is 2.64. The number of aromatic hydroxyl groups is 1. The van der Waals surface area contributed by atoms with Gasteiger partial charge in [-0.15, -0.1) is 0 Å². The van der Waals surface area contributed by atoms with Crippen molar-refractivity contribution in [2.24, 2.45) is 0 Å². The summed E-state index contributed by atoms with van der Waals surface area (Å²) in [6, 6.07) is 0. The molecule has 0 unspecified atom stereocenters. The van der Waals surface area contributed by atoms with Crippen LogP contribution < -0.4 is 0 Å². The van der Waals surface area contributed by atoms with Gasteiger partial charge in [0.25, 0.3) is 5.75 Å². The Hall–Kier alpha value is -2.43. The SMILES string of the molecule is O=[N+]([O-])c1c(O)c([N+](=O)[O-])c2c([N+](=O)[O-])c1S2. The van der Waals surface area contributed by atoms with Crippen molar-refractivity contribution in [3.05, 3.63) is 30.3 Å². The third kappa shape index (κ3) is 1.29. The molecule has 2 aliphatic rings. The minimum absolute atomic E-state index is 0.363. The van der Waals surface area contributed by atoms with Crippen molar-refractivity contribution in [3.63, 3.8) is 0 Å². The molecule has 0 aromatic heterocycles. The van der Waals surface area contributed by atoms with Crippen LogP contribution in [0.2, 0.25) is 0 Å². The number of hydrogen-bond donors (Lipinski definition) is 1. The van der Waals surface area contributed by atoms with E-state index >= 15 is 0 Å². The van der Waals surface area contributed by atoms with E-state index in [2.05, 4.69) is 0 Å². The lowest BCUT2D eigenvalue weighted by atomic mass is 10.2. The molecule has 10 nitrogen and oxygen atoms in total. The maximum atomic E-state index is 10.6. The second kappa shape index (κ2) is 3.28. The van der Waals surface area contributed by atoms with Crippen LogP contribution in [0, 0.1) is 30.3 Å². The summed E-state index contributed by atoms with van der Waals surface area (Å²) in [6.45, 7) is 0. The number of nitrogens with zero attached hydrogens (tertiary/aromatic N) is 3. The Morgan fingerprint density at radius 1 is 0.824 bits per heavy atom. The number of hydrogen-bond acceptors (Lipinski definition) is 8. The lowest BCUT2D eigenvalue weighted by molar-refractivity contribution is -0.414. The summed E-state index contributed by atoms with van der Waals surface area (Å²) in [5.41, 5.74) is -2.68. The normalized spacial score (nSPS) is 11.8. The molecule has 0 fully saturated rings. The monoisotopic (exact) mass is 259 g/mol. The highest BCUT2D eigenvalue weighted by molar-refractivity contribution is 8.01. The molecule has 0 spiro atoms. The van der Waals surface area contributed by atoms with E-state index in [9.17, 15) is 35.4 Å². The predicted octanol–water partition coefficient (Wildman–Crippen LogP) is 1.58. The summed E-state index contributed by atoms with van der Waals surface area (Å²) < 4.78 is 0. The Morgan fingerprint density at radius 3 is 1.47 bits per heavy atom. The topological polar surface area (TPSA) is 150 Å². The summed E-state index contributed by atoms with van der Waals surface area (Å²) in [5.74, 6) is -1.14. The van der Waals surface area contributed by atoms with Crippen LogP contribution in [0.3, 0.4) is 0 Å². The number of benzene rings is 1. The van der Waals surface area contributed by atoms with Crippen molar-refractivity contribution in [2.75, 3.05) is 0 Å². The number of fused-ring (bicyclic) bond motifs is 2. The van der Waals surface area contributed by atoms with Gasteiger partial charge in [-0.1, -0.05) is 11.8 Å². The third-order valence-electron chi connectivity index (χ3n) is 2.06. The first kappa shape index (κ1) is 11.1. The fraction of sp³-hybridized carbons (Fsp3) is 0. The van der Waals surface area contributed by atoms with Crippen LogP contribution in [0.4, 0.5) is 17.1 Å². The maximum absolute atomic E-state index is 10.6. The average Bonchev–Trinajstić information content (AvgIpc) is 2.13. The Morgan fingerprint density at radius 2 is 1.18 bits per heavy atom. The molecule has 0 radical (unpaired) electrons. The van der Waals surface area contributed by atoms with Crippen molar-refractivity contribution < 1.29 is 19.9 Å². The fourth-order valence-corrected chi connectivity index (χ4v) is 2.54. The van der Waals surface area contributed by atoms with Crippen molar-refractivity contribution in [1.82, 2.24) is 0 Å². The third-order valence-corrected chi connectivity index (χ3v) is 3.24. The minimum atomic E-state index is -1.14. The molecule has 17 heavy (non-hydrogen) atoms. The second-order valence-electron chi connectivity index (χ2n) is 2.93. The van der Waals surface area contributed by atoms with Crippen LogP contribution in [0.15, 0.2) is 9.79 Å². The van der Waals surface area contributed by atoms with Gasteiger partial charge < -0.3 is 5.11 Å². The maximum Gasteiger partial charge on any atom is 0.338 e. The number of nitro benzene ring substituents is 3. The summed E-state index contributed by atoms with van der Waals surface area (Å²) in [4.78, 5) is 28.0. The van der Waals surface area contributed by atoms with Crippen LogP contribution in [0.25, 0.3) is 0 Å². The van der Waals surface area contributed by atoms with Gasteiger partial charge in [-0.05, 0) is 0 Å². The first-order chi connectivity index (χ1) is 7.86. The van der Waals surface area contributed by atoms with Gasteiger partial charge in [0, 0.05) is 0 Å². The zero-order valence-corrected chi connectivity index (χ0v) is 8.46. The quantitative estimate of drug-likeness (QED) is 0.644. The Labute approximate surface area is 95.3 Å². The second-order valence-corrected chi connectivity index (χ2v) is 3.95. The van der Waals surface area contributed by atoms with Gasteiger partial charge in [0.05, 0.1) is 14.8 Å². The first-order valence-corrected chi connectivity index (χ1v) is 4.71. The van der Waals surface area contributed by atoms with E-state index in [1.165, 1.54) is 0 Å². The molecule has 0 amide bonds. The molecule has 2 aliphatic heterocycles. The molecular formula is C6HN3O7S. The zero-order valence-electron chi connectivity index (χ0n) is 7.65. The lowest BCUT2D eigenvalue weighted by Crippen LogP contribution is -2.09. The first-order valence-electron chi connectivity index (χ1n) is 3.90. The van der Waals surface area contributed by atoms with Crippen molar-refractivity contribution in [3.8, 4) is 5.75 Å². The van der Waals surface area contributed by atoms with Gasteiger partial charge in [0.2, 0.25) is 0 Å². The number of rotatable bonds is 3. The van der Waals surface area contributed by atoms with Crippen molar-refractivity contribution >= 4 is 28.8 Å². The summed E-state index contributed by atoms with van der Waals surface area (Å²) >= 11 is 0.545. The van der Waals surface area contributed by atoms with Crippen LogP contribution >= 0.6 is 11.8 Å². The van der Waals surface area contributed by atoms with Crippen molar-refractivity contribution in [1.29, 1.82) is 0 Å². The highest BCUT2D eigenvalue weighted by atomic mass is 32.2. The standard InChI is InChI=1S/C6HN3O7S/c10-4-1(7(11)12)5-3(9(15)16)6(17-5)2(4)8(13)14/h10H. The van der Waals surface area contributed by atoms with Gasteiger partial charge in [0.15, 0.2) is 9.79 Å². The highest BCUT2D eigenvalue weighted by Gasteiger charge is 2.50. The molecule has 0 saturated carbocycles. The molecule has 1 aromatic carbocycles. The fourth-order valence-electron chi connectivity index (χ4n) is 1.41. The van der Waals surface area contributed by atoms with E-state index in [-0.39, 0.29) is 9.79 Å².